The normalized spacial score (nSPS) is 26.2. The van der Waals surface area contributed by atoms with E-state index in [-0.39, 0.29) is 0 Å². The van der Waals surface area contributed by atoms with Crippen molar-refractivity contribution < 1.29 is 0 Å². The summed E-state index contributed by atoms with van der Waals surface area (Å²) >= 11 is 1.88. The van der Waals surface area contributed by atoms with Crippen molar-refractivity contribution in [3.8, 4) is 0 Å². The zero-order valence-corrected chi connectivity index (χ0v) is 11.8. The number of nitrogens with one attached hydrogen (secondary N) is 1. The Morgan fingerprint density at radius 1 is 1.53 bits per heavy atom. The van der Waals surface area contributed by atoms with E-state index in [2.05, 4.69) is 41.6 Å². The summed E-state index contributed by atoms with van der Waals surface area (Å²) in [4.78, 5) is 4.14. The van der Waals surface area contributed by atoms with Crippen LogP contribution in [-0.2, 0) is 6.42 Å². The van der Waals surface area contributed by atoms with E-state index in [1.165, 1.54) is 37.4 Å². The summed E-state index contributed by atoms with van der Waals surface area (Å²) in [5.41, 5.74) is 0. The number of rotatable bonds is 5. The average Bonchev–Trinajstić information content (AvgIpc) is 2.83. The topological polar surface area (TPSA) is 15.3 Å². The summed E-state index contributed by atoms with van der Waals surface area (Å²) < 4.78 is 0. The first-order valence-electron chi connectivity index (χ1n) is 6.77. The van der Waals surface area contributed by atoms with Crippen molar-refractivity contribution in [2.75, 3.05) is 26.2 Å². The Labute approximate surface area is 109 Å². The van der Waals surface area contributed by atoms with E-state index >= 15 is 0 Å². The highest BCUT2D eigenvalue weighted by atomic mass is 32.1. The molecule has 1 aliphatic rings. The summed E-state index contributed by atoms with van der Waals surface area (Å²) in [6.45, 7) is 9.42. The third-order valence-corrected chi connectivity index (χ3v) is 4.65. The highest BCUT2D eigenvalue weighted by Crippen LogP contribution is 2.18. The molecule has 2 rings (SSSR count). The van der Waals surface area contributed by atoms with Crippen LogP contribution in [0.25, 0.3) is 0 Å². The standard InChI is InChI=1S/C14H24N2S/c1-3-15-14-7-9-16(11-12(14)2)8-6-13-5-4-10-17-13/h4-5,10,12,14-15H,3,6-9,11H2,1-2H3. The molecule has 0 aromatic carbocycles. The van der Waals surface area contributed by atoms with E-state index in [1.807, 2.05) is 11.3 Å². The number of piperidine rings is 1. The van der Waals surface area contributed by atoms with Gasteiger partial charge in [0.2, 0.25) is 0 Å². The molecule has 96 valence electrons. The minimum absolute atomic E-state index is 0.734. The molecule has 2 heterocycles. The van der Waals surface area contributed by atoms with Gasteiger partial charge in [-0.2, -0.15) is 0 Å². The number of nitrogens with zero attached hydrogens (tertiary/aromatic N) is 1. The second-order valence-electron chi connectivity index (χ2n) is 5.06. The van der Waals surface area contributed by atoms with Crippen LogP contribution in [0.5, 0.6) is 0 Å². The number of likely N-dealkylation sites (tertiary alicyclic amines) is 1. The Morgan fingerprint density at radius 2 is 2.41 bits per heavy atom. The molecule has 2 unspecified atom stereocenters. The SMILES string of the molecule is CCNC1CCN(CCc2cccs2)CC1C. The van der Waals surface area contributed by atoms with Gasteiger partial charge in [-0.05, 0) is 43.3 Å². The molecule has 1 aromatic heterocycles. The van der Waals surface area contributed by atoms with Gasteiger partial charge < -0.3 is 10.2 Å². The predicted octanol–water partition coefficient (Wildman–Crippen LogP) is 2.61. The fraction of sp³-hybridized carbons (Fsp3) is 0.714. The minimum Gasteiger partial charge on any atom is -0.314 e. The van der Waals surface area contributed by atoms with Crippen molar-refractivity contribution in [2.24, 2.45) is 5.92 Å². The highest BCUT2D eigenvalue weighted by molar-refractivity contribution is 7.09. The molecule has 1 saturated heterocycles. The maximum atomic E-state index is 3.60. The third kappa shape index (κ3) is 3.80. The summed E-state index contributed by atoms with van der Waals surface area (Å²) in [6.07, 6.45) is 2.52. The van der Waals surface area contributed by atoms with Crippen LogP contribution in [0.2, 0.25) is 0 Å². The van der Waals surface area contributed by atoms with E-state index in [9.17, 15) is 0 Å². The van der Waals surface area contributed by atoms with Crippen LogP contribution in [0, 0.1) is 5.92 Å². The van der Waals surface area contributed by atoms with Gasteiger partial charge in [-0.3, -0.25) is 0 Å². The Balaban J connectivity index is 1.73. The fourth-order valence-electron chi connectivity index (χ4n) is 2.72. The molecule has 1 fully saturated rings. The minimum atomic E-state index is 0.734. The molecule has 1 aromatic rings. The van der Waals surface area contributed by atoms with Crippen LogP contribution in [0.1, 0.15) is 25.1 Å². The van der Waals surface area contributed by atoms with E-state index < -0.39 is 0 Å². The quantitative estimate of drug-likeness (QED) is 0.866. The Kier molecular flexibility index (Phi) is 5.01. The van der Waals surface area contributed by atoms with Gasteiger partial charge in [0, 0.05) is 24.0 Å². The van der Waals surface area contributed by atoms with E-state index in [4.69, 9.17) is 0 Å². The maximum Gasteiger partial charge on any atom is 0.0117 e. The van der Waals surface area contributed by atoms with Crippen molar-refractivity contribution >= 4 is 11.3 Å². The van der Waals surface area contributed by atoms with Crippen LogP contribution < -0.4 is 5.32 Å². The van der Waals surface area contributed by atoms with Gasteiger partial charge in [-0.15, -0.1) is 11.3 Å². The Bertz CT molecular complexity index is 310. The van der Waals surface area contributed by atoms with Gasteiger partial charge >= 0.3 is 0 Å². The van der Waals surface area contributed by atoms with Gasteiger partial charge in [0.1, 0.15) is 0 Å². The molecule has 17 heavy (non-hydrogen) atoms. The first kappa shape index (κ1) is 13.1. The van der Waals surface area contributed by atoms with E-state index in [0.29, 0.717) is 0 Å². The Hall–Kier alpha value is -0.380. The Morgan fingerprint density at radius 3 is 3.06 bits per heavy atom. The number of hydrogen-bond acceptors (Lipinski definition) is 3. The molecular weight excluding hydrogens is 228 g/mol. The van der Waals surface area contributed by atoms with Crippen molar-refractivity contribution in [3.05, 3.63) is 22.4 Å². The lowest BCUT2D eigenvalue weighted by molar-refractivity contribution is 0.150. The lowest BCUT2D eigenvalue weighted by atomic mass is 9.93. The molecule has 0 spiro atoms. The molecule has 3 heteroatoms. The van der Waals surface area contributed by atoms with Crippen LogP contribution in [0.3, 0.4) is 0 Å². The largest absolute Gasteiger partial charge is 0.314 e. The lowest BCUT2D eigenvalue weighted by Crippen LogP contribution is -2.48. The van der Waals surface area contributed by atoms with Crippen molar-refractivity contribution in [2.45, 2.75) is 32.7 Å². The lowest BCUT2D eigenvalue weighted by Gasteiger charge is -2.37. The molecule has 0 aliphatic carbocycles. The van der Waals surface area contributed by atoms with Crippen LogP contribution in [0.4, 0.5) is 0 Å². The number of hydrogen-bond donors (Lipinski definition) is 1. The zero-order valence-electron chi connectivity index (χ0n) is 11.0. The second kappa shape index (κ2) is 6.53. The molecule has 1 aliphatic heterocycles. The van der Waals surface area contributed by atoms with Crippen molar-refractivity contribution in [1.29, 1.82) is 0 Å². The smallest absolute Gasteiger partial charge is 0.0117 e. The summed E-state index contributed by atoms with van der Waals surface area (Å²) in [6, 6.07) is 5.14. The van der Waals surface area contributed by atoms with Crippen molar-refractivity contribution in [3.63, 3.8) is 0 Å². The third-order valence-electron chi connectivity index (χ3n) is 3.71. The molecule has 0 bridgehead atoms. The van der Waals surface area contributed by atoms with Crippen LogP contribution >= 0.6 is 11.3 Å². The molecule has 2 atom stereocenters. The van der Waals surface area contributed by atoms with Gasteiger partial charge in [0.15, 0.2) is 0 Å². The van der Waals surface area contributed by atoms with Crippen LogP contribution in [-0.4, -0.2) is 37.1 Å². The van der Waals surface area contributed by atoms with Gasteiger partial charge in [-0.25, -0.2) is 0 Å². The van der Waals surface area contributed by atoms with E-state index in [1.54, 1.807) is 0 Å². The van der Waals surface area contributed by atoms with Crippen molar-refractivity contribution in [1.82, 2.24) is 10.2 Å². The molecular formula is C14H24N2S. The van der Waals surface area contributed by atoms with Crippen LogP contribution in [0.15, 0.2) is 17.5 Å². The first-order valence-corrected chi connectivity index (χ1v) is 7.65. The zero-order chi connectivity index (χ0) is 12.1. The average molecular weight is 252 g/mol. The molecule has 0 amide bonds. The monoisotopic (exact) mass is 252 g/mol. The maximum absolute atomic E-state index is 3.60. The summed E-state index contributed by atoms with van der Waals surface area (Å²) in [5, 5.41) is 5.78. The molecule has 1 N–H and O–H groups in total. The summed E-state index contributed by atoms with van der Waals surface area (Å²) in [5.74, 6) is 0.784. The predicted molar refractivity (Wildman–Crippen MR) is 75.7 cm³/mol. The van der Waals surface area contributed by atoms with E-state index in [0.717, 1.165) is 18.5 Å². The molecule has 2 nitrogen and oxygen atoms in total. The highest BCUT2D eigenvalue weighted by Gasteiger charge is 2.24. The number of thiophene rings is 1. The fourth-order valence-corrected chi connectivity index (χ4v) is 3.42. The second-order valence-corrected chi connectivity index (χ2v) is 6.09. The molecule has 0 radical (unpaired) electrons. The first-order chi connectivity index (χ1) is 8.29. The van der Waals surface area contributed by atoms with Gasteiger partial charge in [-0.1, -0.05) is 19.9 Å². The molecule has 0 saturated carbocycles. The van der Waals surface area contributed by atoms with Gasteiger partial charge in [0.25, 0.3) is 0 Å². The summed E-state index contributed by atoms with van der Waals surface area (Å²) in [7, 11) is 0. The van der Waals surface area contributed by atoms with Gasteiger partial charge in [0.05, 0.1) is 0 Å².